The standard InChI is InChI=1S/C22H30ClNO3/c1-2-13-27-17-21(25)20(19-11-7-4-8-12-19)16-24(22(26)14-23)15-18-9-5-3-6-10-18/h3-7,9-11,20-21,25H,2,8,12-17H2,1H3. The van der Waals surface area contributed by atoms with Gasteiger partial charge in [0.1, 0.15) is 5.88 Å². The Morgan fingerprint density at radius 3 is 2.74 bits per heavy atom. The molecular formula is C22H30ClNO3. The number of hydrogen-bond acceptors (Lipinski definition) is 3. The molecule has 1 aliphatic rings. The van der Waals surface area contributed by atoms with E-state index < -0.39 is 6.10 Å². The molecule has 0 fully saturated rings. The van der Waals surface area contributed by atoms with Gasteiger partial charge in [0.25, 0.3) is 0 Å². The molecule has 148 valence electrons. The molecule has 0 aliphatic heterocycles. The van der Waals surface area contributed by atoms with Crippen LogP contribution in [0.2, 0.25) is 0 Å². The average molecular weight is 392 g/mol. The third-order valence-corrected chi connectivity index (χ3v) is 4.95. The summed E-state index contributed by atoms with van der Waals surface area (Å²) in [6.45, 7) is 3.84. The van der Waals surface area contributed by atoms with E-state index in [0.29, 0.717) is 19.7 Å². The molecule has 1 aliphatic carbocycles. The number of benzene rings is 1. The van der Waals surface area contributed by atoms with E-state index in [-0.39, 0.29) is 24.3 Å². The first-order valence-corrected chi connectivity index (χ1v) is 10.2. The second kappa shape index (κ2) is 12.0. The first-order valence-electron chi connectivity index (χ1n) is 9.64. The number of carbonyl (C=O) groups is 1. The molecule has 0 saturated carbocycles. The lowest BCUT2D eigenvalue weighted by Gasteiger charge is -2.32. The molecule has 4 nitrogen and oxygen atoms in total. The van der Waals surface area contributed by atoms with Crippen LogP contribution in [0.5, 0.6) is 0 Å². The van der Waals surface area contributed by atoms with Crippen molar-refractivity contribution in [2.45, 2.75) is 38.8 Å². The van der Waals surface area contributed by atoms with Gasteiger partial charge in [-0.1, -0.05) is 61.1 Å². The molecule has 0 aromatic heterocycles. The minimum atomic E-state index is -0.657. The van der Waals surface area contributed by atoms with Gasteiger partial charge in [-0.2, -0.15) is 0 Å². The van der Waals surface area contributed by atoms with Crippen molar-refractivity contribution in [1.82, 2.24) is 4.90 Å². The van der Waals surface area contributed by atoms with Crippen molar-refractivity contribution in [2.24, 2.45) is 5.92 Å². The minimum absolute atomic E-state index is 0.0685. The summed E-state index contributed by atoms with van der Waals surface area (Å²) in [5.41, 5.74) is 2.20. The zero-order valence-corrected chi connectivity index (χ0v) is 16.8. The molecule has 1 amide bonds. The van der Waals surface area contributed by atoms with Gasteiger partial charge in [-0.05, 0) is 24.8 Å². The minimum Gasteiger partial charge on any atom is -0.390 e. The number of ether oxygens (including phenoxy) is 1. The largest absolute Gasteiger partial charge is 0.390 e. The van der Waals surface area contributed by atoms with Gasteiger partial charge >= 0.3 is 0 Å². The van der Waals surface area contributed by atoms with Gasteiger partial charge in [0.2, 0.25) is 5.91 Å². The third-order valence-electron chi connectivity index (χ3n) is 4.72. The Kier molecular flexibility index (Phi) is 9.60. The molecule has 1 N–H and O–H groups in total. The maximum Gasteiger partial charge on any atom is 0.237 e. The predicted octanol–water partition coefficient (Wildman–Crippen LogP) is 3.93. The fourth-order valence-corrected chi connectivity index (χ4v) is 3.43. The maximum absolute atomic E-state index is 12.5. The van der Waals surface area contributed by atoms with Crippen LogP contribution in [0.3, 0.4) is 0 Å². The fourth-order valence-electron chi connectivity index (χ4n) is 3.26. The van der Waals surface area contributed by atoms with Gasteiger partial charge in [0, 0.05) is 25.6 Å². The van der Waals surface area contributed by atoms with Gasteiger partial charge in [0.05, 0.1) is 12.7 Å². The highest BCUT2D eigenvalue weighted by Gasteiger charge is 2.28. The Hall–Kier alpha value is -1.62. The quantitative estimate of drug-likeness (QED) is 0.459. The highest BCUT2D eigenvalue weighted by molar-refractivity contribution is 6.27. The lowest BCUT2D eigenvalue weighted by atomic mass is 9.87. The zero-order valence-electron chi connectivity index (χ0n) is 16.0. The topological polar surface area (TPSA) is 49.8 Å². The van der Waals surface area contributed by atoms with E-state index >= 15 is 0 Å². The second-order valence-electron chi connectivity index (χ2n) is 6.85. The Balaban J connectivity index is 2.16. The number of hydrogen-bond donors (Lipinski definition) is 1. The van der Waals surface area contributed by atoms with Crippen molar-refractivity contribution < 1.29 is 14.6 Å². The van der Waals surface area contributed by atoms with Crippen molar-refractivity contribution in [3.05, 3.63) is 59.7 Å². The molecule has 0 bridgehead atoms. The van der Waals surface area contributed by atoms with Crippen molar-refractivity contribution in [1.29, 1.82) is 0 Å². The third kappa shape index (κ3) is 7.13. The van der Waals surface area contributed by atoms with Crippen LogP contribution in [-0.2, 0) is 16.1 Å². The zero-order chi connectivity index (χ0) is 19.5. The summed E-state index contributed by atoms with van der Waals surface area (Å²) in [6.07, 6.45) is 8.29. The van der Waals surface area contributed by atoms with Gasteiger partial charge < -0.3 is 14.7 Å². The number of carbonyl (C=O) groups excluding carboxylic acids is 1. The Morgan fingerprint density at radius 1 is 1.33 bits per heavy atom. The molecule has 0 radical (unpaired) electrons. The van der Waals surface area contributed by atoms with Gasteiger partial charge in [-0.15, -0.1) is 11.6 Å². The highest BCUT2D eigenvalue weighted by atomic mass is 35.5. The first kappa shape index (κ1) is 21.7. The number of aliphatic hydroxyl groups excluding tert-OH is 1. The molecule has 2 atom stereocenters. The van der Waals surface area contributed by atoms with Crippen molar-refractivity contribution >= 4 is 17.5 Å². The number of halogens is 1. The number of alkyl halides is 1. The SMILES string of the molecule is CCCOCC(O)C(CN(Cc1ccccc1)C(=O)CCl)C1=CC=CCC1. The summed E-state index contributed by atoms with van der Waals surface area (Å²) in [7, 11) is 0. The van der Waals surface area contributed by atoms with E-state index in [4.69, 9.17) is 16.3 Å². The van der Waals surface area contributed by atoms with Crippen molar-refractivity contribution in [2.75, 3.05) is 25.6 Å². The molecule has 1 aromatic carbocycles. The summed E-state index contributed by atoms with van der Waals surface area (Å²) in [4.78, 5) is 14.2. The summed E-state index contributed by atoms with van der Waals surface area (Å²) in [5.74, 6) is -0.358. The summed E-state index contributed by atoms with van der Waals surface area (Å²) in [5, 5.41) is 10.8. The number of allylic oxidation sites excluding steroid dienone is 3. The average Bonchev–Trinajstić information content (AvgIpc) is 2.72. The van der Waals surface area contributed by atoms with Crippen LogP contribution in [0.25, 0.3) is 0 Å². The first-order chi connectivity index (χ1) is 13.2. The molecule has 1 aromatic rings. The molecule has 27 heavy (non-hydrogen) atoms. The van der Waals surface area contributed by atoms with Crippen LogP contribution in [0.1, 0.15) is 31.7 Å². The summed E-state index contributed by atoms with van der Waals surface area (Å²) < 4.78 is 5.58. The summed E-state index contributed by atoms with van der Waals surface area (Å²) in [6, 6.07) is 9.85. The molecule has 5 heteroatoms. The van der Waals surface area contributed by atoms with Crippen molar-refractivity contribution in [3.8, 4) is 0 Å². The normalized spacial score (nSPS) is 15.9. The monoisotopic (exact) mass is 391 g/mol. The van der Waals surface area contributed by atoms with E-state index in [0.717, 1.165) is 30.4 Å². The highest BCUT2D eigenvalue weighted by Crippen LogP contribution is 2.26. The van der Waals surface area contributed by atoms with E-state index in [9.17, 15) is 9.90 Å². The molecule has 2 unspecified atom stereocenters. The molecular weight excluding hydrogens is 362 g/mol. The number of nitrogens with zero attached hydrogens (tertiary/aromatic N) is 1. The molecule has 0 heterocycles. The van der Waals surface area contributed by atoms with Crippen LogP contribution in [0.15, 0.2) is 54.1 Å². The lowest BCUT2D eigenvalue weighted by Crippen LogP contribution is -2.41. The van der Waals surface area contributed by atoms with Gasteiger partial charge in [0.15, 0.2) is 0 Å². The van der Waals surface area contributed by atoms with Crippen molar-refractivity contribution in [3.63, 3.8) is 0 Å². The van der Waals surface area contributed by atoms with Crippen LogP contribution in [-0.4, -0.2) is 47.7 Å². The van der Waals surface area contributed by atoms with Gasteiger partial charge in [-0.3, -0.25) is 4.79 Å². The van der Waals surface area contributed by atoms with Crippen LogP contribution in [0, 0.1) is 5.92 Å². The van der Waals surface area contributed by atoms with Crippen LogP contribution >= 0.6 is 11.6 Å². The maximum atomic E-state index is 12.5. The Bertz CT molecular complexity index is 630. The molecule has 0 spiro atoms. The fraction of sp³-hybridized carbons (Fsp3) is 0.500. The van der Waals surface area contributed by atoms with E-state index in [1.54, 1.807) is 4.90 Å². The van der Waals surface area contributed by atoms with E-state index in [1.807, 2.05) is 43.3 Å². The van der Waals surface area contributed by atoms with Crippen LogP contribution in [0.4, 0.5) is 0 Å². The van der Waals surface area contributed by atoms with Crippen LogP contribution < -0.4 is 0 Å². The second-order valence-corrected chi connectivity index (χ2v) is 7.12. The Morgan fingerprint density at radius 2 is 2.11 bits per heavy atom. The number of aliphatic hydroxyl groups is 1. The Labute approximate surface area is 167 Å². The smallest absolute Gasteiger partial charge is 0.237 e. The lowest BCUT2D eigenvalue weighted by molar-refractivity contribution is -0.130. The van der Waals surface area contributed by atoms with Gasteiger partial charge in [-0.25, -0.2) is 0 Å². The van der Waals surface area contributed by atoms with E-state index in [1.165, 1.54) is 0 Å². The number of amides is 1. The predicted molar refractivity (Wildman–Crippen MR) is 110 cm³/mol. The molecule has 2 rings (SSSR count). The molecule has 0 saturated heterocycles. The summed E-state index contributed by atoms with van der Waals surface area (Å²) >= 11 is 5.86. The number of rotatable bonds is 11. The van der Waals surface area contributed by atoms with E-state index in [2.05, 4.69) is 12.2 Å².